The Morgan fingerprint density at radius 3 is 2.68 bits per heavy atom. The number of hydrogen-bond acceptors (Lipinski definition) is 2. The predicted molar refractivity (Wildman–Crippen MR) is 75.4 cm³/mol. The van der Waals surface area contributed by atoms with Crippen LogP contribution < -0.4 is 0 Å². The van der Waals surface area contributed by atoms with Crippen LogP contribution in [0, 0.1) is 0 Å². The van der Waals surface area contributed by atoms with Gasteiger partial charge in [0, 0.05) is 12.1 Å². The number of aromatic nitrogens is 2. The van der Waals surface area contributed by atoms with Gasteiger partial charge in [0.1, 0.15) is 6.29 Å². The Bertz CT molecular complexity index is 444. The molecule has 0 saturated heterocycles. The maximum atomic E-state index is 10.6. The number of carbonyl (C=O) groups is 1. The average Bonchev–Trinajstić information content (AvgIpc) is 2.85. The lowest BCUT2D eigenvalue weighted by Crippen LogP contribution is -2.18. The van der Waals surface area contributed by atoms with Crippen LogP contribution in [-0.4, -0.2) is 16.1 Å². The molecule has 1 aromatic heterocycles. The van der Waals surface area contributed by atoms with Crippen LogP contribution in [0.3, 0.4) is 0 Å². The number of carbonyl (C=O) groups excluding carboxylic acids is 1. The molecule has 0 aliphatic heterocycles. The van der Waals surface area contributed by atoms with E-state index in [9.17, 15) is 4.79 Å². The smallest absolute Gasteiger partial charge is 0.120 e. The van der Waals surface area contributed by atoms with Gasteiger partial charge in [-0.1, -0.05) is 19.3 Å². The Kier molecular flexibility index (Phi) is 4.00. The third-order valence-electron chi connectivity index (χ3n) is 4.71. The third-order valence-corrected chi connectivity index (χ3v) is 4.71. The highest BCUT2D eigenvalue weighted by Crippen LogP contribution is 2.33. The quantitative estimate of drug-likeness (QED) is 0.778. The number of fused-ring (bicyclic) bond motifs is 1. The molecule has 0 bridgehead atoms. The molecule has 3 heteroatoms. The molecule has 0 unspecified atom stereocenters. The van der Waals surface area contributed by atoms with E-state index in [2.05, 4.69) is 4.68 Å². The Labute approximate surface area is 115 Å². The van der Waals surface area contributed by atoms with Crippen LogP contribution >= 0.6 is 0 Å². The molecular formula is C16H24N2O. The van der Waals surface area contributed by atoms with E-state index in [1.54, 1.807) is 0 Å². The molecule has 1 heterocycles. The Hall–Kier alpha value is -1.12. The van der Waals surface area contributed by atoms with Crippen LogP contribution in [0.5, 0.6) is 0 Å². The molecular weight excluding hydrogens is 236 g/mol. The van der Waals surface area contributed by atoms with Crippen molar-refractivity contribution in [2.24, 2.45) is 0 Å². The van der Waals surface area contributed by atoms with Crippen molar-refractivity contribution < 1.29 is 4.79 Å². The van der Waals surface area contributed by atoms with Crippen molar-refractivity contribution in [3.8, 4) is 0 Å². The molecule has 3 rings (SSSR count). The molecule has 3 nitrogen and oxygen atoms in total. The van der Waals surface area contributed by atoms with Crippen molar-refractivity contribution in [2.45, 2.75) is 76.7 Å². The average molecular weight is 260 g/mol. The maximum absolute atomic E-state index is 10.6. The van der Waals surface area contributed by atoms with Gasteiger partial charge in [0.2, 0.25) is 0 Å². The van der Waals surface area contributed by atoms with Gasteiger partial charge in [-0.2, -0.15) is 5.10 Å². The first-order valence-electron chi connectivity index (χ1n) is 7.93. The van der Waals surface area contributed by atoms with Crippen molar-refractivity contribution in [3.05, 3.63) is 17.0 Å². The minimum Gasteiger partial charge on any atom is -0.303 e. The van der Waals surface area contributed by atoms with Crippen LogP contribution in [0.2, 0.25) is 0 Å². The molecule has 0 amide bonds. The van der Waals surface area contributed by atoms with Crippen molar-refractivity contribution in [1.82, 2.24) is 9.78 Å². The number of aryl methyl sites for hydroxylation is 1. The summed E-state index contributed by atoms with van der Waals surface area (Å²) in [5, 5.41) is 4.91. The standard InChI is InChI=1S/C16H24N2O/c19-12-6-10-15-14-9-4-5-11-16(14)18(17-15)13-7-2-1-3-8-13/h12-13H,1-11H2. The van der Waals surface area contributed by atoms with E-state index in [0.29, 0.717) is 12.5 Å². The monoisotopic (exact) mass is 260 g/mol. The summed E-state index contributed by atoms with van der Waals surface area (Å²) >= 11 is 0. The minimum atomic E-state index is 0.619. The van der Waals surface area contributed by atoms with Gasteiger partial charge in [-0.25, -0.2) is 0 Å². The van der Waals surface area contributed by atoms with Crippen LogP contribution in [0.1, 0.15) is 74.4 Å². The van der Waals surface area contributed by atoms with Gasteiger partial charge >= 0.3 is 0 Å². The first-order chi connectivity index (χ1) is 9.40. The van der Waals surface area contributed by atoms with Crippen LogP contribution in [-0.2, 0) is 24.1 Å². The van der Waals surface area contributed by atoms with E-state index >= 15 is 0 Å². The van der Waals surface area contributed by atoms with E-state index in [1.807, 2.05) is 0 Å². The summed E-state index contributed by atoms with van der Waals surface area (Å²) in [6.45, 7) is 0. The topological polar surface area (TPSA) is 34.9 Å². The molecule has 2 aliphatic carbocycles. The van der Waals surface area contributed by atoms with Crippen molar-refractivity contribution in [2.75, 3.05) is 0 Å². The highest BCUT2D eigenvalue weighted by molar-refractivity contribution is 5.50. The molecule has 19 heavy (non-hydrogen) atoms. The molecule has 104 valence electrons. The fraction of sp³-hybridized carbons (Fsp3) is 0.750. The summed E-state index contributed by atoms with van der Waals surface area (Å²) in [5.74, 6) is 0. The fourth-order valence-electron chi connectivity index (χ4n) is 3.73. The summed E-state index contributed by atoms with van der Waals surface area (Å²) in [6.07, 6.45) is 14.1. The van der Waals surface area contributed by atoms with Gasteiger partial charge in [-0.15, -0.1) is 0 Å². The van der Waals surface area contributed by atoms with Crippen molar-refractivity contribution >= 4 is 6.29 Å². The van der Waals surface area contributed by atoms with Crippen LogP contribution in [0.15, 0.2) is 0 Å². The third kappa shape index (κ3) is 2.60. The van der Waals surface area contributed by atoms with E-state index in [1.165, 1.54) is 74.7 Å². The first-order valence-corrected chi connectivity index (χ1v) is 7.93. The zero-order chi connectivity index (χ0) is 13.1. The van der Waals surface area contributed by atoms with E-state index in [0.717, 1.165) is 12.7 Å². The molecule has 0 radical (unpaired) electrons. The van der Waals surface area contributed by atoms with E-state index in [-0.39, 0.29) is 0 Å². The first kappa shape index (κ1) is 12.9. The second kappa shape index (κ2) is 5.89. The van der Waals surface area contributed by atoms with Crippen molar-refractivity contribution in [3.63, 3.8) is 0 Å². The second-order valence-corrected chi connectivity index (χ2v) is 6.02. The summed E-state index contributed by atoms with van der Waals surface area (Å²) < 4.78 is 2.35. The molecule has 0 spiro atoms. The lowest BCUT2D eigenvalue weighted by molar-refractivity contribution is -0.107. The summed E-state index contributed by atoms with van der Waals surface area (Å²) in [4.78, 5) is 10.6. The number of nitrogens with zero attached hydrogens (tertiary/aromatic N) is 2. The molecule has 1 saturated carbocycles. The maximum Gasteiger partial charge on any atom is 0.120 e. The number of aldehydes is 1. The summed E-state index contributed by atoms with van der Waals surface area (Å²) in [6, 6.07) is 0.630. The highest BCUT2D eigenvalue weighted by atomic mass is 16.1. The Balaban J connectivity index is 1.89. The fourth-order valence-corrected chi connectivity index (χ4v) is 3.73. The molecule has 1 aromatic rings. The van der Waals surface area contributed by atoms with Gasteiger partial charge < -0.3 is 4.79 Å². The van der Waals surface area contributed by atoms with E-state index in [4.69, 9.17) is 5.10 Å². The summed E-state index contributed by atoms with van der Waals surface area (Å²) in [5.41, 5.74) is 4.20. The number of rotatable bonds is 4. The number of hydrogen-bond donors (Lipinski definition) is 0. The zero-order valence-corrected chi connectivity index (χ0v) is 11.7. The lowest BCUT2D eigenvalue weighted by Gasteiger charge is -2.25. The molecule has 0 aromatic carbocycles. The Morgan fingerprint density at radius 1 is 1.11 bits per heavy atom. The molecule has 0 N–H and O–H groups in total. The second-order valence-electron chi connectivity index (χ2n) is 6.02. The lowest BCUT2D eigenvalue weighted by atomic mass is 9.92. The molecule has 1 fully saturated rings. The molecule has 2 aliphatic rings. The van der Waals surface area contributed by atoms with Gasteiger partial charge in [0.25, 0.3) is 0 Å². The van der Waals surface area contributed by atoms with Gasteiger partial charge in [-0.05, 0) is 50.5 Å². The predicted octanol–water partition coefficient (Wildman–Crippen LogP) is 3.40. The minimum absolute atomic E-state index is 0.619. The highest BCUT2D eigenvalue weighted by Gasteiger charge is 2.25. The van der Waals surface area contributed by atoms with Crippen LogP contribution in [0.4, 0.5) is 0 Å². The van der Waals surface area contributed by atoms with Crippen molar-refractivity contribution in [1.29, 1.82) is 0 Å². The zero-order valence-electron chi connectivity index (χ0n) is 11.7. The van der Waals surface area contributed by atoms with Gasteiger partial charge in [-0.3, -0.25) is 4.68 Å². The largest absolute Gasteiger partial charge is 0.303 e. The van der Waals surface area contributed by atoms with E-state index < -0.39 is 0 Å². The Morgan fingerprint density at radius 2 is 1.89 bits per heavy atom. The summed E-state index contributed by atoms with van der Waals surface area (Å²) in [7, 11) is 0. The van der Waals surface area contributed by atoms with Gasteiger partial charge in [0.05, 0.1) is 11.7 Å². The normalized spacial score (nSPS) is 20.2. The van der Waals surface area contributed by atoms with Crippen LogP contribution in [0.25, 0.3) is 0 Å². The molecule has 0 atom stereocenters. The SMILES string of the molecule is O=CCCc1nn(C2CCCCC2)c2c1CCCC2. The van der Waals surface area contributed by atoms with Gasteiger partial charge in [0.15, 0.2) is 0 Å².